The number of hydrogen-bond donors (Lipinski definition) is 1. The second-order valence-corrected chi connectivity index (χ2v) is 5.68. The van der Waals surface area contributed by atoms with Crippen LogP contribution >= 0.6 is 0 Å². The number of carboxylic acids is 1. The van der Waals surface area contributed by atoms with Crippen molar-refractivity contribution in [3.63, 3.8) is 0 Å². The number of piperidine rings is 1. The van der Waals surface area contributed by atoms with Crippen LogP contribution in [-0.4, -0.2) is 40.0 Å². The van der Waals surface area contributed by atoms with E-state index in [1.807, 2.05) is 19.1 Å². The molecule has 1 saturated heterocycles. The van der Waals surface area contributed by atoms with Crippen molar-refractivity contribution in [3.05, 3.63) is 30.1 Å². The predicted octanol–water partition coefficient (Wildman–Crippen LogP) is 2.12. The van der Waals surface area contributed by atoms with E-state index in [4.69, 9.17) is 0 Å². The molecule has 5 nitrogen and oxygen atoms in total. The zero-order chi connectivity index (χ0) is 15.3. The number of carbonyl (C=O) groups is 2. The van der Waals surface area contributed by atoms with Gasteiger partial charge in [0.1, 0.15) is 0 Å². The average molecular weight is 290 g/mol. The van der Waals surface area contributed by atoms with Crippen molar-refractivity contribution in [2.24, 2.45) is 5.41 Å². The average Bonchev–Trinajstić information content (AvgIpc) is 2.53. The molecule has 1 fully saturated rings. The molecule has 114 valence electrons. The Balaban J connectivity index is 1.84. The van der Waals surface area contributed by atoms with Crippen molar-refractivity contribution < 1.29 is 14.7 Å². The third-order valence-corrected chi connectivity index (χ3v) is 4.55. The molecule has 2 rings (SSSR count). The highest BCUT2D eigenvalue weighted by Gasteiger charge is 2.40. The summed E-state index contributed by atoms with van der Waals surface area (Å²) in [5.74, 6) is -0.624. The number of aryl methyl sites for hydroxylation is 1. The molecule has 1 aromatic heterocycles. The molecular weight excluding hydrogens is 268 g/mol. The van der Waals surface area contributed by atoms with Gasteiger partial charge in [0.25, 0.3) is 0 Å². The number of amides is 1. The molecule has 1 aliphatic heterocycles. The lowest BCUT2D eigenvalue weighted by Gasteiger charge is -2.38. The van der Waals surface area contributed by atoms with Gasteiger partial charge < -0.3 is 10.0 Å². The molecular formula is C16H22N2O3. The fourth-order valence-corrected chi connectivity index (χ4v) is 2.86. The summed E-state index contributed by atoms with van der Waals surface area (Å²) >= 11 is 0. The number of aliphatic carboxylic acids is 1. The maximum Gasteiger partial charge on any atom is 0.309 e. The zero-order valence-electron chi connectivity index (χ0n) is 12.4. The number of carbonyl (C=O) groups excluding carboxylic acids is 1. The van der Waals surface area contributed by atoms with Crippen LogP contribution in [-0.2, 0) is 16.0 Å². The first kappa shape index (κ1) is 15.5. The molecule has 0 unspecified atom stereocenters. The minimum atomic E-state index is -0.729. The fourth-order valence-electron chi connectivity index (χ4n) is 2.86. The third kappa shape index (κ3) is 3.60. The first-order chi connectivity index (χ1) is 10.1. The topological polar surface area (TPSA) is 70.5 Å². The van der Waals surface area contributed by atoms with Crippen molar-refractivity contribution >= 4 is 11.9 Å². The monoisotopic (exact) mass is 290 g/mol. The van der Waals surface area contributed by atoms with Crippen LogP contribution in [0.4, 0.5) is 0 Å². The molecule has 0 bridgehead atoms. The van der Waals surface area contributed by atoms with Gasteiger partial charge in [0, 0.05) is 31.9 Å². The SMILES string of the molecule is CCC1(C(=O)O)CCN(C(=O)CCc2cccnc2)CC1. The Morgan fingerprint density at radius 1 is 1.38 bits per heavy atom. The number of hydrogen-bond acceptors (Lipinski definition) is 3. The van der Waals surface area contributed by atoms with Gasteiger partial charge >= 0.3 is 5.97 Å². The second kappa shape index (κ2) is 6.70. The highest BCUT2D eigenvalue weighted by atomic mass is 16.4. The summed E-state index contributed by atoms with van der Waals surface area (Å²) in [7, 11) is 0. The smallest absolute Gasteiger partial charge is 0.309 e. The Labute approximate surface area is 125 Å². The summed E-state index contributed by atoms with van der Waals surface area (Å²) in [6.45, 7) is 3.01. The Kier molecular flexibility index (Phi) is 4.94. The van der Waals surface area contributed by atoms with Crippen molar-refractivity contribution in [2.45, 2.75) is 39.0 Å². The van der Waals surface area contributed by atoms with Crippen LogP contribution in [0.1, 0.15) is 38.2 Å². The number of carboxylic acid groups (broad SMARTS) is 1. The Morgan fingerprint density at radius 3 is 2.62 bits per heavy atom. The van der Waals surface area contributed by atoms with Gasteiger partial charge in [0.2, 0.25) is 5.91 Å². The van der Waals surface area contributed by atoms with E-state index in [0.29, 0.717) is 45.2 Å². The van der Waals surface area contributed by atoms with E-state index in [0.717, 1.165) is 5.56 Å². The highest BCUT2D eigenvalue weighted by Crippen LogP contribution is 2.35. The molecule has 1 aliphatic rings. The van der Waals surface area contributed by atoms with Crippen molar-refractivity contribution in [3.8, 4) is 0 Å². The molecule has 2 heterocycles. The summed E-state index contributed by atoms with van der Waals surface area (Å²) in [6, 6.07) is 3.83. The van der Waals surface area contributed by atoms with E-state index in [9.17, 15) is 14.7 Å². The minimum absolute atomic E-state index is 0.106. The summed E-state index contributed by atoms with van der Waals surface area (Å²) in [6.07, 6.45) is 6.36. The summed E-state index contributed by atoms with van der Waals surface area (Å²) in [5.41, 5.74) is 0.413. The first-order valence-corrected chi connectivity index (χ1v) is 7.47. The maximum atomic E-state index is 12.2. The molecule has 0 aromatic carbocycles. The van der Waals surface area contributed by atoms with Crippen LogP contribution in [0.25, 0.3) is 0 Å². The normalized spacial score (nSPS) is 17.5. The molecule has 0 saturated carbocycles. The van der Waals surface area contributed by atoms with Gasteiger partial charge in [-0.25, -0.2) is 0 Å². The van der Waals surface area contributed by atoms with Crippen molar-refractivity contribution in [1.82, 2.24) is 9.88 Å². The van der Waals surface area contributed by atoms with Crippen molar-refractivity contribution in [2.75, 3.05) is 13.1 Å². The molecule has 5 heteroatoms. The third-order valence-electron chi connectivity index (χ3n) is 4.55. The quantitative estimate of drug-likeness (QED) is 0.901. The molecule has 0 radical (unpaired) electrons. The number of nitrogens with zero attached hydrogens (tertiary/aromatic N) is 2. The molecule has 1 N–H and O–H groups in total. The first-order valence-electron chi connectivity index (χ1n) is 7.47. The molecule has 21 heavy (non-hydrogen) atoms. The standard InChI is InChI=1S/C16H22N2O3/c1-2-16(15(20)21)7-10-18(11-8-16)14(19)6-5-13-4-3-9-17-12-13/h3-4,9,12H,2,5-8,10-11H2,1H3,(H,20,21). The van der Waals surface area contributed by atoms with E-state index >= 15 is 0 Å². The van der Waals surface area contributed by atoms with Crippen LogP contribution in [0.2, 0.25) is 0 Å². The van der Waals surface area contributed by atoms with Crippen LogP contribution in [0.15, 0.2) is 24.5 Å². The lowest BCUT2D eigenvalue weighted by molar-refractivity contribution is -0.154. The van der Waals surface area contributed by atoms with Gasteiger partial charge in [0.15, 0.2) is 0 Å². The van der Waals surface area contributed by atoms with Gasteiger partial charge in [-0.15, -0.1) is 0 Å². The van der Waals surface area contributed by atoms with Gasteiger partial charge in [-0.1, -0.05) is 13.0 Å². The minimum Gasteiger partial charge on any atom is -0.481 e. The lowest BCUT2D eigenvalue weighted by Crippen LogP contribution is -2.46. The molecule has 0 aliphatic carbocycles. The van der Waals surface area contributed by atoms with Crippen LogP contribution in [0.3, 0.4) is 0 Å². The molecule has 1 amide bonds. The van der Waals surface area contributed by atoms with Crippen LogP contribution in [0.5, 0.6) is 0 Å². The number of rotatable bonds is 5. The number of likely N-dealkylation sites (tertiary alicyclic amines) is 1. The second-order valence-electron chi connectivity index (χ2n) is 5.68. The van der Waals surface area contributed by atoms with E-state index < -0.39 is 11.4 Å². The predicted molar refractivity (Wildman–Crippen MR) is 78.7 cm³/mol. The van der Waals surface area contributed by atoms with E-state index in [1.165, 1.54) is 0 Å². The van der Waals surface area contributed by atoms with Crippen molar-refractivity contribution in [1.29, 1.82) is 0 Å². The summed E-state index contributed by atoms with van der Waals surface area (Å²) in [5, 5.41) is 9.36. The van der Waals surface area contributed by atoms with Gasteiger partial charge in [-0.05, 0) is 37.3 Å². The molecule has 1 aromatic rings. The van der Waals surface area contributed by atoms with Crippen LogP contribution < -0.4 is 0 Å². The summed E-state index contributed by atoms with van der Waals surface area (Å²) in [4.78, 5) is 29.4. The number of pyridine rings is 1. The van der Waals surface area contributed by atoms with E-state index in [2.05, 4.69) is 4.98 Å². The Bertz CT molecular complexity index is 494. The van der Waals surface area contributed by atoms with Gasteiger partial charge in [0.05, 0.1) is 5.41 Å². The largest absolute Gasteiger partial charge is 0.481 e. The molecule has 0 spiro atoms. The summed E-state index contributed by atoms with van der Waals surface area (Å²) < 4.78 is 0. The lowest BCUT2D eigenvalue weighted by atomic mass is 9.76. The van der Waals surface area contributed by atoms with Gasteiger partial charge in [-0.2, -0.15) is 0 Å². The Morgan fingerprint density at radius 2 is 2.10 bits per heavy atom. The van der Waals surface area contributed by atoms with Crippen LogP contribution in [0, 0.1) is 5.41 Å². The number of aromatic nitrogens is 1. The zero-order valence-corrected chi connectivity index (χ0v) is 12.4. The highest BCUT2D eigenvalue weighted by molar-refractivity contribution is 5.78. The van der Waals surface area contributed by atoms with Gasteiger partial charge in [-0.3, -0.25) is 14.6 Å². The molecule has 0 atom stereocenters. The fraction of sp³-hybridized carbons (Fsp3) is 0.562. The maximum absolute atomic E-state index is 12.2. The van der Waals surface area contributed by atoms with E-state index in [-0.39, 0.29) is 5.91 Å². The Hall–Kier alpha value is -1.91. The van der Waals surface area contributed by atoms with E-state index in [1.54, 1.807) is 17.3 Å².